The minimum Gasteiger partial charge on any atom is -0.328 e. The molecule has 0 atom stereocenters. The van der Waals surface area contributed by atoms with E-state index in [9.17, 15) is 4.79 Å². The van der Waals surface area contributed by atoms with Crippen LogP contribution in [0.25, 0.3) is 10.9 Å². The first-order valence-corrected chi connectivity index (χ1v) is 6.89. The first-order chi connectivity index (χ1) is 9.25. The van der Waals surface area contributed by atoms with Gasteiger partial charge in [0.05, 0.1) is 5.52 Å². The van der Waals surface area contributed by atoms with Crippen molar-refractivity contribution in [2.24, 2.45) is 11.7 Å². The molecular weight excluding hydrogens is 236 g/mol. The summed E-state index contributed by atoms with van der Waals surface area (Å²) in [4.78, 5) is 17.0. The third-order valence-electron chi connectivity index (χ3n) is 4.04. The maximum Gasteiger partial charge on any atom is 0.168 e. The predicted molar refractivity (Wildman–Crippen MR) is 76.0 cm³/mol. The lowest BCUT2D eigenvalue weighted by atomic mass is 9.81. The monoisotopic (exact) mass is 254 g/mol. The maximum atomic E-state index is 12.6. The molecule has 3 nitrogen and oxygen atoms in total. The van der Waals surface area contributed by atoms with E-state index < -0.39 is 0 Å². The minimum absolute atomic E-state index is 0.118. The van der Waals surface area contributed by atoms with Crippen molar-refractivity contribution in [3.05, 3.63) is 42.1 Å². The number of nitrogens with zero attached hydrogens (tertiary/aromatic N) is 1. The molecule has 0 unspecified atom stereocenters. The predicted octanol–water partition coefficient (Wildman–Crippen LogP) is 2.94. The van der Waals surface area contributed by atoms with Crippen molar-refractivity contribution in [1.82, 2.24) is 4.98 Å². The number of carbonyl (C=O) groups is 1. The second-order valence-electron chi connectivity index (χ2n) is 5.36. The van der Waals surface area contributed by atoms with Crippen molar-refractivity contribution in [1.29, 1.82) is 0 Å². The Morgan fingerprint density at radius 2 is 1.84 bits per heavy atom. The summed E-state index contributed by atoms with van der Waals surface area (Å²) in [5.41, 5.74) is 7.49. The summed E-state index contributed by atoms with van der Waals surface area (Å²) in [6, 6.07) is 10.00. The highest BCUT2D eigenvalue weighted by Crippen LogP contribution is 2.28. The molecule has 0 saturated heterocycles. The number of carbonyl (C=O) groups excluding carboxylic acids is 1. The molecule has 1 fully saturated rings. The zero-order chi connectivity index (χ0) is 13.2. The Kier molecular flexibility index (Phi) is 3.30. The number of Topliss-reactive ketones (excluding diaryl/α,β-unsaturated/α-hetero) is 1. The molecule has 19 heavy (non-hydrogen) atoms. The molecule has 1 aromatic heterocycles. The fraction of sp³-hybridized carbons (Fsp3) is 0.375. The average molecular weight is 254 g/mol. The number of pyridine rings is 1. The second-order valence-corrected chi connectivity index (χ2v) is 5.36. The highest BCUT2D eigenvalue weighted by atomic mass is 16.1. The van der Waals surface area contributed by atoms with Crippen molar-refractivity contribution in [3.8, 4) is 0 Å². The smallest absolute Gasteiger partial charge is 0.168 e. The van der Waals surface area contributed by atoms with E-state index in [4.69, 9.17) is 5.73 Å². The van der Waals surface area contributed by atoms with Crippen LogP contribution in [0.3, 0.4) is 0 Å². The van der Waals surface area contributed by atoms with Gasteiger partial charge in [-0.25, -0.2) is 0 Å². The van der Waals surface area contributed by atoms with Crippen LogP contribution in [-0.2, 0) is 0 Å². The third kappa shape index (κ3) is 2.38. The quantitative estimate of drug-likeness (QED) is 0.838. The van der Waals surface area contributed by atoms with E-state index in [0.29, 0.717) is 0 Å². The van der Waals surface area contributed by atoms with Crippen LogP contribution in [0.4, 0.5) is 0 Å². The Morgan fingerprint density at radius 3 is 2.63 bits per heavy atom. The minimum atomic E-state index is 0.118. The number of aromatic nitrogens is 1. The highest BCUT2D eigenvalue weighted by Gasteiger charge is 2.26. The molecule has 3 rings (SSSR count). The maximum absolute atomic E-state index is 12.6. The lowest BCUT2D eigenvalue weighted by Crippen LogP contribution is -2.30. The van der Waals surface area contributed by atoms with E-state index in [1.54, 1.807) is 6.20 Å². The van der Waals surface area contributed by atoms with Crippen molar-refractivity contribution in [2.75, 3.05) is 0 Å². The molecule has 0 radical (unpaired) electrons. The number of nitrogens with two attached hydrogens (primary N) is 1. The molecule has 3 heteroatoms. The third-order valence-corrected chi connectivity index (χ3v) is 4.04. The summed E-state index contributed by atoms with van der Waals surface area (Å²) in [6.45, 7) is 0. The molecule has 98 valence electrons. The number of ketones is 1. The number of rotatable bonds is 2. The Morgan fingerprint density at radius 1 is 1.11 bits per heavy atom. The van der Waals surface area contributed by atoms with E-state index in [1.165, 1.54) is 0 Å². The van der Waals surface area contributed by atoms with Gasteiger partial charge in [0.2, 0.25) is 0 Å². The van der Waals surface area contributed by atoms with Gasteiger partial charge in [0.25, 0.3) is 0 Å². The van der Waals surface area contributed by atoms with Gasteiger partial charge in [-0.05, 0) is 37.8 Å². The largest absolute Gasteiger partial charge is 0.328 e. The molecule has 0 amide bonds. The van der Waals surface area contributed by atoms with E-state index in [2.05, 4.69) is 4.98 Å². The van der Waals surface area contributed by atoms with Gasteiger partial charge in [-0.2, -0.15) is 0 Å². The average Bonchev–Trinajstić information content (AvgIpc) is 2.47. The Hall–Kier alpha value is -1.74. The van der Waals surface area contributed by atoms with Gasteiger partial charge in [-0.15, -0.1) is 0 Å². The number of hydrogen-bond acceptors (Lipinski definition) is 3. The van der Waals surface area contributed by atoms with E-state index in [0.717, 1.165) is 42.1 Å². The van der Waals surface area contributed by atoms with Gasteiger partial charge in [-0.1, -0.05) is 18.2 Å². The number of para-hydroxylation sites is 1. The van der Waals surface area contributed by atoms with Crippen LogP contribution in [0.2, 0.25) is 0 Å². The zero-order valence-corrected chi connectivity index (χ0v) is 10.9. The van der Waals surface area contributed by atoms with E-state index in [-0.39, 0.29) is 17.7 Å². The molecule has 1 aliphatic rings. The fourth-order valence-electron chi connectivity index (χ4n) is 2.90. The van der Waals surface area contributed by atoms with Crippen LogP contribution in [0.15, 0.2) is 36.5 Å². The fourth-order valence-corrected chi connectivity index (χ4v) is 2.90. The van der Waals surface area contributed by atoms with Crippen LogP contribution in [-0.4, -0.2) is 16.8 Å². The number of benzene rings is 1. The van der Waals surface area contributed by atoms with Crippen LogP contribution < -0.4 is 5.73 Å². The van der Waals surface area contributed by atoms with E-state index in [1.807, 2.05) is 30.3 Å². The Labute approximate surface area is 112 Å². The first kappa shape index (κ1) is 12.3. The van der Waals surface area contributed by atoms with Gasteiger partial charge in [0.1, 0.15) is 0 Å². The first-order valence-electron chi connectivity index (χ1n) is 6.89. The topological polar surface area (TPSA) is 56.0 Å². The molecule has 1 aliphatic carbocycles. The molecule has 1 aromatic carbocycles. The molecular formula is C16H18N2O. The summed E-state index contributed by atoms with van der Waals surface area (Å²) in [5, 5.41) is 1.03. The highest BCUT2D eigenvalue weighted by molar-refractivity contribution is 6.07. The summed E-state index contributed by atoms with van der Waals surface area (Å²) in [5.74, 6) is 0.351. The molecule has 1 saturated carbocycles. The second kappa shape index (κ2) is 5.10. The van der Waals surface area contributed by atoms with Gasteiger partial charge < -0.3 is 5.73 Å². The van der Waals surface area contributed by atoms with Gasteiger partial charge in [0, 0.05) is 29.1 Å². The lowest BCUT2D eigenvalue weighted by molar-refractivity contribution is 0.0886. The molecule has 1 heterocycles. The van der Waals surface area contributed by atoms with Gasteiger partial charge >= 0.3 is 0 Å². The SMILES string of the molecule is NC1CCC(C(=O)c2cccc3cccnc23)CC1. The Balaban J connectivity index is 1.93. The summed E-state index contributed by atoms with van der Waals surface area (Å²) in [7, 11) is 0. The lowest BCUT2D eigenvalue weighted by Gasteiger charge is -2.25. The van der Waals surface area contributed by atoms with Crippen LogP contribution in [0.5, 0.6) is 0 Å². The number of fused-ring (bicyclic) bond motifs is 1. The molecule has 0 bridgehead atoms. The number of hydrogen-bond donors (Lipinski definition) is 1. The van der Waals surface area contributed by atoms with Crippen LogP contribution in [0, 0.1) is 5.92 Å². The van der Waals surface area contributed by atoms with Gasteiger partial charge in [0.15, 0.2) is 5.78 Å². The summed E-state index contributed by atoms with van der Waals surface area (Å²) >= 11 is 0. The molecule has 0 aliphatic heterocycles. The van der Waals surface area contributed by atoms with Crippen molar-refractivity contribution in [3.63, 3.8) is 0 Å². The molecule has 0 spiro atoms. The zero-order valence-electron chi connectivity index (χ0n) is 10.9. The molecule has 2 aromatic rings. The van der Waals surface area contributed by atoms with Crippen LogP contribution in [0.1, 0.15) is 36.0 Å². The standard InChI is InChI=1S/C16H18N2O/c17-13-8-6-12(7-9-13)16(19)14-5-1-3-11-4-2-10-18-15(11)14/h1-5,10,12-13H,6-9,17H2. The van der Waals surface area contributed by atoms with Crippen molar-refractivity contribution < 1.29 is 4.79 Å². The normalized spacial score (nSPS) is 23.4. The van der Waals surface area contributed by atoms with Crippen molar-refractivity contribution in [2.45, 2.75) is 31.7 Å². The van der Waals surface area contributed by atoms with E-state index >= 15 is 0 Å². The summed E-state index contributed by atoms with van der Waals surface area (Å²) in [6.07, 6.45) is 5.46. The summed E-state index contributed by atoms with van der Waals surface area (Å²) < 4.78 is 0. The van der Waals surface area contributed by atoms with Gasteiger partial charge in [-0.3, -0.25) is 9.78 Å². The van der Waals surface area contributed by atoms with Crippen LogP contribution >= 0.6 is 0 Å². The van der Waals surface area contributed by atoms with Crippen molar-refractivity contribution >= 4 is 16.7 Å². The molecule has 2 N–H and O–H groups in total. The Bertz CT molecular complexity index is 595.